The maximum Gasteiger partial charge on any atom is 0.132 e. The van der Waals surface area contributed by atoms with Crippen molar-refractivity contribution in [2.45, 2.75) is 19.4 Å². The molecule has 1 aliphatic heterocycles. The monoisotopic (exact) mass is 167 g/mol. The highest BCUT2D eigenvalue weighted by molar-refractivity contribution is 5.14. The van der Waals surface area contributed by atoms with Crippen LogP contribution in [-0.4, -0.2) is 35.7 Å². The maximum atomic E-state index is 10.1. The number of aliphatic hydroxyl groups is 1. The Morgan fingerprint density at radius 2 is 1.83 bits per heavy atom. The molecule has 1 N–H and O–H groups in total. The molecule has 0 amide bonds. The number of piperidine rings is 1. The Morgan fingerprint density at radius 1 is 1.42 bits per heavy atom. The van der Waals surface area contributed by atoms with E-state index >= 15 is 0 Å². The first-order valence-electron chi connectivity index (χ1n) is 4.39. The van der Waals surface area contributed by atoms with Gasteiger partial charge in [0.1, 0.15) is 5.60 Å². The second kappa shape index (κ2) is 3.08. The van der Waals surface area contributed by atoms with E-state index in [0.717, 1.165) is 13.1 Å². The summed E-state index contributed by atoms with van der Waals surface area (Å²) in [5, 5.41) is 10.1. The van der Waals surface area contributed by atoms with Gasteiger partial charge in [-0.1, -0.05) is 19.8 Å². The van der Waals surface area contributed by atoms with Gasteiger partial charge in [0.2, 0.25) is 0 Å². The lowest BCUT2D eigenvalue weighted by atomic mass is 9.76. The third kappa shape index (κ3) is 1.35. The number of likely N-dealkylation sites (tertiary alicyclic amines) is 1. The molecular formula is C10H17NO. The highest BCUT2D eigenvalue weighted by atomic mass is 16.3. The summed E-state index contributed by atoms with van der Waals surface area (Å²) in [5.74, 6) is 2.86. The van der Waals surface area contributed by atoms with Gasteiger partial charge in [0.15, 0.2) is 0 Å². The van der Waals surface area contributed by atoms with Crippen LogP contribution < -0.4 is 0 Å². The molecule has 0 bridgehead atoms. The van der Waals surface area contributed by atoms with E-state index in [2.05, 4.69) is 17.9 Å². The number of rotatable bonds is 0. The van der Waals surface area contributed by atoms with Gasteiger partial charge in [0, 0.05) is 24.9 Å². The molecule has 0 spiro atoms. The average molecular weight is 167 g/mol. The molecule has 0 aromatic carbocycles. The maximum absolute atomic E-state index is 10.1. The summed E-state index contributed by atoms with van der Waals surface area (Å²) in [5.41, 5.74) is -0.896. The molecule has 0 aromatic heterocycles. The van der Waals surface area contributed by atoms with Crippen LogP contribution in [0.1, 0.15) is 13.8 Å². The molecule has 0 aliphatic carbocycles. The second-order valence-electron chi connectivity index (χ2n) is 3.99. The van der Waals surface area contributed by atoms with Crippen molar-refractivity contribution in [2.75, 3.05) is 20.1 Å². The summed E-state index contributed by atoms with van der Waals surface area (Å²) < 4.78 is 0. The van der Waals surface area contributed by atoms with E-state index in [4.69, 9.17) is 6.42 Å². The Bertz CT molecular complexity index is 194. The first kappa shape index (κ1) is 9.57. The van der Waals surface area contributed by atoms with Crippen molar-refractivity contribution in [2.24, 2.45) is 11.8 Å². The van der Waals surface area contributed by atoms with Gasteiger partial charge < -0.3 is 10.0 Å². The summed E-state index contributed by atoms with van der Waals surface area (Å²) in [7, 11) is 2.06. The Hall–Kier alpha value is -0.520. The normalized spacial score (nSPS) is 43.9. The van der Waals surface area contributed by atoms with Gasteiger partial charge in [-0.2, -0.15) is 0 Å². The minimum Gasteiger partial charge on any atom is -0.377 e. The summed E-state index contributed by atoms with van der Waals surface area (Å²) in [4.78, 5) is 2.21. The van der Waals surface area contributed by atoms with E-state index in [1.54, 1.807) is 0 Å². The molecule has 2 atom stereocenters. The molecule has 2 nitrogen and oxygen atoms in total. The second-order valence-corrected chi connectivity index (χ2v) is 3.99. The van der Waals surface area contributed by atoms with Crippen molar-refractivity contribution in [3.8, 4) is 12.3 Å². The zero-order valence-electron chi connectivity index (χ0n) is 8.04. The van der Waals surface area contributed by atoms with Crippen molar-refractivity contribution in [1.82, 2.24) is 4.90 Å². The first-order chi connectivity index (χ1) is 5.50. The predicted molar refractivity (Wildman–Crippen MR) is 49.6 cm³/mol. The van der Waals surface area contributed by atoms with Crippen molar-refractivity contribution < 1.29 is 5.11 Å². The minimum atomic E-state index is -0.896. The molecule has 1 fully saturated rings. The molecule has 2 unspecified atom stereocenters. The lowest BCUT2D eigenvalue weighted by Gasteiger charge is -2.43. The number of nitrogens with zero attached hydrogens (tertiary/aromatic N) is 1. The third-order valence-electron chi connectivity index (χ3n) is 2.90. The number of hydrogen-bond donors (Lipinski definition) is 1. The van der Waals surface area contributed by atoms with Crippen LogP contribution in [0, 0.1) is 24.2 Å². The first-order valence-corrected chi connectivity index (χ1v) is 4.39. The van der Waals surface area contributed by atoms with Crippen LogP contribution in [0.15, 0.2) is 0 Å². The van der Waals surface area contributed by atoms with Gasteiger partial charge in [-0.3, -0.25) is 0 Å². The van der Waals surface area contributed by atoms with Crippen LogP contribution in [0.25, 0.3) is 0 Å². The van der Waals surface area contributed by atoms with E-state index in [1.807, 2.05) is 13.8 Å². The van der Waals surface area contributed by atoms with Gasteiger partial charge in [-0.25, -0.2) is 0 Å². The standard InChI is InChI=1S/C10H17NO/c1-5-10(12)8(2)6-11(4)7-9(10)3/h1,8-9,12H,6-7H2,2-4H3. The van der Waals surface area contributed by atoms with E-state index in [0.29, 0.717) is 0 Å². The highest BCUT2D eigenvalue weighted by Crippen LogP contribution is 2.31. The Balaban J connectivity index is 2.82. The average Bonchev–Trinajstić information content (AvgIpc) is 2.00. The van der Waals surface area contributed by atoms with Crippen molar-refractivity contribution >= 4 is 0 Å². The van der Waals surface area contributed by atoms with Gasteiger partial charge in [-0.05, 0) is 7.05 Å². The van der Waals surface area contributed by atoms with E-state index < -0.39 is 5.60 Å². The molecule has 0 aromatic rings. The summed E-state index contributed by atoms with van der Waals surface area (Å²) in [6.45, 7) is 5.77. The zero-order chi connectivity index (χ0) is 9.35. The fraction of sp³-hybridized carbons (Fsp3) is 0.800. The van der Waals surface area contributed by atoms with Crippen molar-refractivity contribution in [1.29, 1.82) is 0 Å². The van der Waals surface area contributed by atoms with Gasteiger partial charge in [0.25, 0.3) is 0 Å². The predicted octanol–water partition coefficient (Wildman–Crippen LogP) is 0.568. The third-order valence-corrected chi connectivity index (χ3v) is 2.90. The van der Waals surface area contributed by atoms with Gasteiger partial charge in [-0.15, -0.1) is 6.42 Å². The number of hydrogen-bond acceptors (Lipinski definition) is 2. The minimum absolute atomic E-state index is 0.163. The highest BCUT2D eigenvalue weighted by Gasteiger charge is 2.41. The summed E-state index contributed by atoms with van der Waals surface area (Å²) in [6.07, 6.45) is 5.35. The van der Waals surface area contributed by atoms with Crippen LogP contribution in [0.4, 0.5) is 0 Å². The Morgan fingerprint density at radius 3 is 2.17 bits per heavy atom. The Kier molecular flexibility index (Phi) is 2.46. The lowest BCUT2D eigenvalue weighted by molar-refractivity contribution is -0.0552. The van der Waals surface area contributed by atoms with Crippen molar-refractivity contribution in [3.05, 3.63) is 0 Å². The molecule has 68 valence electrons. The molecule has 1 saturated heterocycles. The number of terminal acetylenes is 1. The largest absolute Gasteiger partial charge is 0.377 e. The summed E-state index contributed by atoms with van der Waals surface area (Å²) >= 11 is 0. The fourth-order valence-electron chi connectivity index (χ4n) is 2.06. The van der Waals surface area contributed by atoms with Gasteiger partial charge in [0.05, 0.1) is 0 Å². The van der Waals surface area contributed by atoms with Crippen LogP contribution in [0.2, 0.25) is 0 Å². The molecule has 0 saturated carbocycles. The van der Waals surface area contributed by atoms with Crippen LogP contribution in [-0.2, 0) is 0 Å². The smallest absolute Gasteiger partial charge is 0.132 e. The fourth-order valence-corrected chi connectivity index (χ4v) is 2.06. The topological polar surface area (TPSA) is 23.5 Å². The van der Waals surface area contributed by atoms with E-state index in [9.17, 15) is 5.11 Å². The van der Waals surface area contributed by atoms with Crippen LogP contribution >= 0.6 is 0 Å². The van der Waals surface area contributed by atoms with E-state index in [1.165, 1.54) is 0 Å². The molecule has 1 rings (SSSR count). The molecule has 1 aliphatic rings. The Labute approximate surface area is 74.6 Å². The molecule has 2 heteroatoms. The molecular weight excluding hydrogens is 150 g/mol. The van der Waals surface area contributed by atoms with Crippen molar-refractivity contribution in [3.63, 3.8) is 0 Å². The zero-order valence-corrected chi connectivity index (χ0v) is 8.04. The quantitative estimate of drug-likeness (QED) is 0.533. The lowest BCUT2D eigenvalue weighted by Crippen LogP contribution is -2.54. The van der Waals surface area contributed by atoms with Crippen LogP contribution in [0.3, 0.4) is 0 Å². The SMILES string of the molecule is C#CC1(O)C(C)CN(C)CC1C. The van der Waals surface area contributed by atoms with E-state index in [-0.39, 0.29) is 11.8 Å². The molecule has 12 heavy (non-hydrogen) atoms. The van der Waals surface area contributed by atoms with Crippen LogP contribution in [0.5, 0.6) is 0 Å². The van der Waals surface area contributed by atoms with Gasteiger partial charge >= 0.3 is 0 Å². The summed E-state index contributed by atoms with van der Waals surface area (Å²) in [6, 6.07) is 0. The molecule has 0 radical (unpaired) electrons. The molecule has 1 heterocycles.